The molecule has 20 heavy (non-hydrogen) atoms. The summed E-state index contributed by atoms with van der Waals surface area (Å²) in [5, 5.41) is 3.74. The van der Waals surface area contributed by atoms with Crippen molar-refractivity contribution >= 4 is 9.84 Å². The molecule has 2 aromatic heterocycles. The van der Waals surface area contributed by atoms with E-state index in [4.69, 9.17) is 0 Å². The molecule has 7 heteroatoms. The minimum atomic E-state index is -3.48. The van der Waals surface area contributed by atoms with Gasteiger partial charge in [0.1, 0.15) is 0 Å². The molecule has 0 aliphatic carbocycles. The van der Waals surface area contributed by atoms with E-state index in [1.165, 1.54) is 0 Å². The molecule has 0 aliphatic rings. The van der Waals surface area contributed by atoms with Gasteiger partial charge in [0.15, 0.2) is 10.9 Å². The van der Waals surface area contributed by atoms with E-state index in [9.17, 15) is 8.42 Å². The van der Waals surface area contributed by atoms with Gasteiger partial charge in [-0.2, -0.15) is 5.10 Å². The molecule has 0 unspecified atom stereocenters. The molecule has 2 heterocycles. The second-order valence-electron chi connectivity index (χ2n) is 5.09. The first-order valence-electron chi connectivity index (χ1n) is 6.44. The molecule has 0 bridgehead atoms. The zero-order valence-electron chi connectivity index (χ0n) is 12.0. The van der Waals surface area contributed by atoms with Crippen LogP contribution in [0, 0.1) is 0 Å². The second kappa shape index (κ2) is 5.32. The highest BCUT2D eigenvalue weighted by Gasteiger charge is 2.28. The number of hydrogen-bond acceptors (Lipinski definition) is 5. The van der Waals surface area contributed by atoms with E-state index in [-0.39, 0.29) is 11.1 Å². The zero-order chi connectivity index (χ0) is 14.9. The maximum absolute atomic E-state index is 12.4. The lowest BCUT2D eigenvalue weighted by Crippen LogP contribution is -2.16. The van der Waals surface area contributed by atoms with Gasteiger partial charge in [-0.25, -0.2) is 18.4 Å². The quantitative estimate of drug-likeness (QED) is 0.863. The highest BCUT2D eigenvalue weighted by atomic mass is 32.2. The van der Waals surface area contributed by atoms with Crippen molar-refractivity contribution in [3.05, 3.63) is 24.7 Å². The summed E-state index contributed by atoms with van der Waals surface area (Å²) in [4.78, 5) is 8.25. The van der Waals surface area contributed by atoms with Gasteiger partial charge in [-0.15, -0.1) is 0 Å². The summed E-state index contributed by atoms with van der Waals surface area (Å²) in [5.74, 6) is 0.374. The van der Waals surface area contributed by atoms with E-state index >= 15 is 0 Å². The van der Waals surface area contributed by atoms with E-state index in [0.29, 0.717) is 11.4 Å². The van der Waals surface area contributed by atoms with Crippen LogP contribution in [0.2, 0.25) is 0 Å². The lowest BCUT2D eigenvalue weighted by Gasteiger charge is -2.06. The maximum Gasteiger partial charge on any atom is 0.200 e. The summed E-state index contributed by atoms with van der Waals surface area (Å²) in [6.07, 6.45) is 4.86. The fourth-order valence-corrected chi connectivity index (χ4v) is 2.77. The van der Waals surface area contributed by atoms with Crippen molar-refractivity contribution in [2.24, 2.45) is 0 Å². The number of rotatable bonds is 4. The monoisotopic (exact) mass is 294 g/mol. The largest absolute Gasteiger partial charge is 0.268 e. The molecule has 0 aliphatic heterocycles. The van der Waals surface area contributed by atoms with Crippen molar-refractivity contribution in [1.82, 2.24) is 19.7 Å². The molecule has 6 nitrogen and oxygen atoms in total. The highest BCUT2D eigenvalue weighted by molar-refractivity contribution is 7.92. The average molecular weight is 294 g/mol. The Morgan fingerprint density at radius 2 is 1.70 bits per heavy atom. The molecule has 0 atom stereocenters. The van der Waals surface area contributed by atoms with Crippen molar-refractivity contribution < 1.29 is 8.42 Å². The van der Waals surface area contributed by atoms with Crippen LogP contribution in [-0.4, -0.2) is 33.4 Å². The minimum absolute atomic E-state index is 0.0485. The first kappa shape index (κ1) is 14.6. The summed E-state index contributed by atoms with van der Waals surface area (Å²) in [7, 11) is -3.48. The Hall–Kier alpha value is -1.76. The van der Waals surface area contributed by atoms with E-state index < -0.39 is 15.1 Å². The van der Waals surface area contributed by atoms with Gasteiger partial charge in [0.25, 0.3) is 0 Å². The van der Waals surface area contributed by atoms with E-state index in [1.54, 1.807) is 43.2 Å². The van der Waals surface area contributed by atoms with Gasteiger partial charge >= 0.3 is 0 Å². The van der Waals surface area contributed by atoms with E-state index in [0.717, 1.165) is 0 Å². The maximum atomic E-state index is 12.4. The molecule has 0 saturated carbocycles. The molecular weight excluding hydrogens is 276 g/mol. The zero-order valence-corrected chi connectivity index (χ0v) is 12.8. The molecule has 0 spiro atoms. The lowest BCUT2D eigenvalue weighted by atomic mass is 10.3. The summed E-state index contributed by atoms with van der Waals surface area (Å²) in [5.41, 5.74) is 0.452. The first-order valence-corrected chi connectivity index (χ1v) is 7.99. The Labute approximate surface area is 118 Å². The molecule has 0 amide bonds. The fourth-order valence-electron chi connectivity index (χ4n) is 1.66. The third-order valence-electron chi connectivity index (χ3n) is 2.92. The van der Waals surface area contributed by atoms with Crippen LogP contribution in [0.4, 0.5) is 0 Å². The summed E-state index contributed by atoms with van der Waals surface area (Å²) < 4.78 is 26.5. The van der Waals surface area contributed by atoms with Crippen molar-refractivity contribution in [3.8, 4) is 11.4 Å². The lowest BCUT2D eigenvalue weighted by molar-refractivity contribution is 0.515. The molecule has 0 aromatic carbocycles. The summed E-state index contributed by atoms with van der Waals surface area (Å²) in [6.45, 7) is 7.15. The van der Waals surface area contributed by atoms with Crippen LogP contribution < -0.4 is 0 Å². The molecule has 108 valence electrons. The SMILES string of the molecule is CC(C)n1cc(-c2ncccn2)c(S(=O)(=O)C(C)C)n1. The number of sulfone groups is 1. The fraction of sp³-hybridized carbons (Fsp3) is 0.462. The number of hydrogen-bond donors (Lipinski definition) is 0. The Balaban J connectivity index is 2.68. The van der Waals surface area contributed by atoms with Crippen LogP contribution in [0.3, 0.4) is 0 Å². The topological polar surface area (TPSA) is 77.7 Å². The summed E-state index contributed by atoms with van der Waals surface area (Å²) >= 11 is 0. The highest BCUT2D eigenvalue weighted by Crippen LogP contribution is 2.27. The number of aromatic nitrogens is 4. The van der Waals surface area contributed by atoms with Crippen LogP contribution >= 0.6 is 0 Å². The Morgan fingerprint density at radius 1 is 1.10 bits per heavy atom. The van der Waals surface area contributed by atoms with Gasteiger partial charge in [-0.05, 0) is 33.8 Å². The number of nitrogens with zero attached hydrogens (tertiary/aromatic N) is 4. The molecule has 2 rings (SSSR count). The smallest absolute Gasteiger partial charge is 0.200 e. The van der Waals surface area contributed by atoms with Crippen LogP contribution in [0.1, 0.15) is 33.7 Å². The van der Waals surface area contributed by atoms with Crippen molar-refractivity contribution in [2.45, 2.75) is 44.0 Å². The van der Waals surface area contributed by atoms with Crippen LogP contribution in [0.5, 0.6) is 0 Å². The molecule has 2 aromatic rings. The van der Waals surface area contributed by atoms with Gasteiger partial charge in [0, 0.05) is 24.6 Å². The van der Waals surface area contributed by atoms with Gasteiger partial charge in [-0.1, -0.05) is 0 Å². The Morgan fingerprint density at radius 3 is 2.20 bits per heavy atom. The van der Waals surface area contributed by atoms with Gasteiger partial charge in [0.2, 0.25) is 9.84 Å². The molecule has 0 saturated heterocycles. The Kier molecular flexibility index (Phi) is 3.89. The van der Waals surface area contributed by atoms with Crippen LogP contribution in [0.15, 0.2) is 29.7 Å². The molecule has 0 radical (unpaired) electrons. The predicted octanol–water partition coefficient (Wildman–Crippen LogP) is 2.10. The molecular formula is C13H18N4O2S. The van der Waals surface area contributed by atoms with E-state index in [2.05, 4.69) is 15.1 Å². The Bertz CT molecular complexity index is 690. The van der Waals surface area contributed by atoms with Gasteiger partial charge in [0.05, 0.1) is 10.8 Å². The van der Waals surface area contributed by atoms with Crippen LogP contribution in [0.25, 0.3) is 11.4 Å². The first-order chi connectivity index (χ1) is 9.34. The second-order valence-corrected chi connectivity index (χ2v) is 7.51. The van der Waals surface area contributed by atoms with Crippen molar-refractivity contribution in [1.29, 1.82) is 0 Å². The average Bonchev–Trinajstić information content (AvgIpc) is 2.85. The summed E-state index contributed by atoms with van der Waals surface area (Å²) in [6, 6.07) is 1.75. The van der Waals surface area contributed by atoms with E-state index in [1.807, 2.05) is 13.8 Å². The standard InChI is InChI=1S/C13H18N4O2S/c1-9(2)17-8-11(12-14-6-5-7-15-12)13(16-17)20(18,19)10(3)4/h5-10H,1-4H3. The predicted molar refractivity (Wildman–Crippen MR) is 76.0 cm³/mol. The van der Waals surface area contributed by atoms with Crippen LogP contribution in [-0.2, 0) is 9.84 Å². The third kappa shape index (κ3) is 2.58. The van der Waals surface area contributed by atoms with Crippen molar-refractivity contribution in [2.75, 3.05) is 0 Å². The third-order valence-corrected chi connectivity index (χ3v) is 5.01. The van der Waals surface area contributed by atoms with Gasteiger partial charge in [-0.3, -0.25) is 4.68 Å². The minimum Gasteiger partial charge on any atom is -0.268 e. The van der Waals surface area contributed by atoms with Gasteiger partial charge < -0.3 is 0 Å². The molecule has 0 fully saturated rings. The van der Waals surface area contributed by atoms with Crippen molar-refractivity contribution in [3.63, 3.8) is 0 Å². The normalized spacial score (nSPS) is 12.3. The molecule has 0 N–H and O–H groups in total.